The zero-order chi connectivity index (χ0) is 26.1. The molecule has 4 fully saturated rings. The van der Waals surface area contributed by atoms with Crippen LogP contribution in [0.15, 0.2) is 48.5 Å². The Balaban J connectivity index is 0.000000170. The van der Waals surface area contributed by atoms with Crippen LogP contribution in [-0.4, -0.2) is 31.3 Å². The van der Waals surface area contributed by atoms with Gasteiger partial charge in [-0.05, 0) is 87.5 Å². The highest BCUT2D eigenvalue weighted by molar-refractivity contribution is 7.85. The zero-order valence-corrected chi connectivity index (χ0v) is 21.2. The first-order chi connectivity index (χ1) is 16.9. The van der Waals surface area contributed by atoms with Gasteiger partial charge in [0, 0.05) is 11.1 Å². The van der Waals surface area contributed by atoms with Gasteiger partial charge in [0.2, 0.25) is 0 Å². The molecule has 36 heavy (non-hydrogen) atoms. The average Bonchev–Trinajstić information content (AvgIpc) is 2.78. The molecule has 0 saturated heterocycles. The minimum Gasteiger partial charge on any atom is -0.748 e. The molecule has 8 heteroatoms. The normalized spacial score (nSPS) is 26.7. The number of benzene rings is 2. The number of esters is 1. The molecule has 0 N–H and O–H groups in total. The van der Waals surface area contributed by atoms with Crippen LogP contribution in [0.3, 0.4) is 0 Å². The lowest BCUT2D eigenvalue weighted by Gasteiger charge is -2.55. The highest BCUT2D eigenvalue weighted by Crippen LogP contribution is 2.60. The van der Waals surface area contributed by atoms with Gasteiger partial charge in [-0.1, -0.05) is 24.3 Å². The van der Waals surface area contributed by atoms with E-state index in [4.69, 9.17) is 4.74 Å². The lowest BCUT2D eigenvalue weighted by molar-refractivity contribution is -0.170. The first-order valence-corrected chi connectivity index (χ1v) is 13.9. The molecule has 194 valence electrons. The summed E-state index contributed by atoms with van der Waals surface area (Å²) in [5.41, 5.74) is 0.902. The molecular weight excluding hydrogens is 486 g/mol. The number of ether oxygens (including phenoxy) is 1. The number of halogens is 2. The van der Waals surface area contributed by atoms with Crippen molar-refractivity contribution in [3.05, 3.63) is 78.2 Å². The van der Waals surface area contributed by atoms with Crippen LogP contribution in [0.4, 0.5) is 8.78 Å². The topological polar surface area (TPSA) is 83.5 Å². The van der Waals surface area contributed by atoms with Crippen LogP contribution >= 0.6 is 0 Å². The van der Waals surface area contributed by atoms with Crippen molar-refractivity contribution in [1.82, 2.24) is 0 Å². The summed E-state index contributed by atoms with van der Waals surface area (Å²) in [6.07, 6.45) is 6.39. The Morgan fingerprint density at radius 2 is 1.33 bits per heavy atom. The van der Waals surface area contributed by atoms with Crippen molar-refractivity contribution in [2.24, 2.45) is 23.2 Å². The fraction of sp³-hybridized carbons (Fsp3) is 0.500. The molecular formula is C28H32F2O5S. The van der Waals surface area contributed by atoms with Crippen LogP contribution in [0.25, 0.3) is 0 Å². The lowest BCUT2D eigenvalue weighted by atomic mass is 9.49. The third kappa shape index (κ3) is 6.09. The van der Waals surface area contributed by atoms with Gasteiger partial charge in [-0.3, -0.25) is 4.79 Å². The van der Waals surface area contributed by atoms with E-state index in [0.29, 0.717) is 17.8 Å². The molecule has 4 aliphatic carbocycles. The van der Waals surface area contributed by atoms with Gasteiger partial charge in [0.15, 0.2) is 5.41 Å². The number of carbonyl (C=O) groups excluding carboxylic acids is 1. The summed E-state index contributed by atoms with van der Waals surface area (Å²) < 4.78 is 62.3. The summed E-state index contributed by atoms with van der Waals surface area (Å²) >= 11 is 0. The Hall–Kier alpha value is -2.45. The average molecular weight is 519 g/mol. The summed E-state index contributed by atoms with van der Waals surface area (Å²) in [5, 5.41) is 0. The fourth-order valence-corrected chi connectivity index (χ4v) is 6.84. The van der Waals surface area contributed by atoms with Crippen molar-refractivity contribution in [2.75, 3.05) is 12.4 Å². The van der Waals surface area contributed by atoms with Crippen molar-refractivity contribution >= 4 is 16.1 Å². The van der Waals surface area contributed by atoms with E-state index in [-0.39, 0.29) is 29.6 Å². The van der Waals surface area contributed by atoms with Crippen molar-refractivity contribution in [1.29, 1.82) is 0 Å². The molecule has 4 saturated carbocycles. The van der Waals surface area contributed by atoms with E-state index in [0.717, 1.165) is 30.4 Å². The molecule has 4 bridgehead atoms. The summed E-state index contributed by atoms with van der Waals surface area (Å²) in [6.45, 7) is 5.75. The van der Waals surface area contributed by atoms with Crippen molar-refractivity contribution in [3.8, 4) is 0 Å². The van der Waals surface area contributed by atoms with E-state index in [2.05, 4.69) is 6.92 Å². The maximum Gasteiger partial charge on any atom is 0.312 e. The molecule has 0 aromatic heterocycles. The molecule has 0 unspecified atom stereocenters. The van der Waals surface area contributed by atoms with Crippen LogP contribution in [0.5, 0.6) is 0 Å². The highest BCUT2D eigenvalue weighted by atomic mass is 32.2. The first-order valence-electron chi connectivity index (χ1n) is 12.3. The largest absolute Gasteiger partial charge is 0.748 e. The van der Waals surface area contributed by atoms with Gasteiger partial charge in [-0.15, -0.1) is 0 Å². The zero-order valence-electron chi connectivity index (χ0n) is 20.4. The third-order valence-corrected chi connectivity index (χ3v) is 8.67. The van der Waals surface area contributed by atoms with E-state index < -0.39 is 21.3 Å². The predicted octanol–water partition coefficient (Wildman–Crippen LogP) is 5.40. The van der Waals surface area contributed by atoms with E-state index >= 15 is 0 Å². The fourth-order valence-electron chi connectivity index (χ4n) is 6.55. The smallest absolute Gasteiger partial charge is 0.312 e. The molecule has 0 heterocycles. The number of hydrogen-bond acceptors (Lipinski definition) is 5. The van der Waals surface area contributed by atoms with E-state index in [1.807, 2.05) is 6.92 Å². The molecule has 2 aromatic rings. The van der Waals surface area contributed by atoms with Crippen molar-refractivity contribution in [2.45, 2.75) is 50.9 Å². The number of hydrogen-bond donors (Lipinski definition) is 0. The Labute approximate surface area is 212 Å². The SMILES string of the molecule is O=C(OCCS(=O)(=O)[O-])C12CC3CC(CC(C3)C1)C2.[CH2+]C(C)(c1ccc(F)cc1)c1ccc(F)cc1. The van der Waals surface area contributed by atoms with Crippen LogP contribution in [-0.2, 0) is 25.1 Å². The number of carbonyl (C=O) groups is 1. The van der Waals surface area contributed by atoms with Gasteiger partial charge in [0.05, 0.1) is 28.2 Å². The molecule has 0 radical (unpaired) electrons. The number of rotatable bonds is 6. The lowest BCUT2D eigenvalue weighted by Crippen LogP contribution is -2.50. The monoisotopic (exact) mass is 518 g/mol. The van der Waals surface area contributed by atoms with Crippen LogP contribution in [0.1, 0.15) is 56.6 Å². The maximum atomic E-state index is 12.9. The van der Waals surface area contributed by atoms with E-state index in [1.54, 1.807) is 24.3 Å². The van der Waals surface area contributed by atoms with Crippen LogP contribution in [0, 0.1) is 41.7 Å². The maximum absolute atomic E-state index is 12.9. The second kappa shape index (κ2) is 10.1. The summed E-state index contributed by atoms with van der Waals surface area (Å²) in [7, 11) is -4.30. The Kier molecular flexibility index (Phi) is 7.49. The predicted molar refractivity (Wildman–Crippen MR) is 131 cm³/mol. The molecule has 6 rings (SSSR count). The molecule has 0 atom stereocenters. The summed E-state index contributed by atoms with van der Waals surface area (Å²) in [6, 6.07) is 12.4. The Bertz CT molecular complexity index is 1090. The van der Waals surface area contributed by atoms with Gasteiger partial charge in [0.1, 0.15) is 18.2 Å². The quantitative estimate of drug-likeness (QED) is 0.291. The second-order valence-corrected chi connectivity index (χ2v) is 12.5. The Morgan fingerprint density at radius 3 is 1.69 bits per heavy atom. The summed E-state index contributed by atoms with van der Waals surface area (Å²) in [4.78, 5) is 12.3. The van der Waals surface area contributed by atoms with Gasteiger partial charge in [0.25, 0.3) is 0 Å². The van der Waals surface area contributed by atoms with Crippen molar-refractivity contribution < 1.29 is 31.3 Å². The first kappa shape index (κ1) is 26.6. The summed E-state index contributed by atoms with van der Waals surface area (Å²) in [5.74, 6) is 0.485. The van der Waals surface area contributed by atoms with Crippen molar-refractivity contribution in [3.63, 3.8) is 0 Å². The van der Waals surface area contributed by atoms with E-state index in [1.165, 1.54) is 43.5 Å². The minimum absolute atomic E-state index is 0.268. The molecule has 0 aliphatic heterocycles. The van der Waals surface area contributed by atoms with E-state index in [9.17, 15) is 26.5 Å². The standard InChI is InChI=1S/C15H13F2.C13H20O5S/c1-15(2,11-3-7-13(16)8-4-11)12-5-9-14(17)10-6-12;14-12(18-1-2-19(15,16)17)13-6-9-3-10(7-13)5-11(4-9)8-13/h3-10H,1H2,2H3;9-11H,1-8H2,(H,15,16,17)/q+1;/p-1. The van der Waals surface area contributed by atoms with Gasteiger partial charge in [-0.25, -0.2) is 17.2 Å². The van der Waals surface area contributed by atoms with Crippen LogP contribution in [0.2, 0.25) is 0 Å². The molecule has 0 amide bonds. The molecule has 4 aliphatic rings. The second-order valence-electron chi connectivity index (χ2n) is 10.9. The minimum atomic E-state index is -4.30. The highest BCUT2D eigenvalue weighted by Gasteiger charge is 2.55. The third-order valence-electron chi connectivity index (χ3n) is 8.00. The molecule has 5 nitrogen and oxygen atoms in total. The Morgan fingerprint density at radius 1 is 0.944 bits per heavy atom. The van der Waals surface area contributed by atoms with Gasteiger partial charge < -0.3 is 9.29 Å². The van der Waals surface area contributed by atoms with Gasteiger partial charge in [-0.2, -0.15) is 0 Å². The molecule has 0 spiro atoms. The molecule has 2 aromatic carbocycles. The van der Waals surface area contributed by atoms with Gasteiger partial charge >= 0.3 is 5.97 Å². The van der Waals surface area contributed by atoms with Crippen LogP contribution < -0.4 is 0 Å².